The van der Waals surface area contributed by atoms with Crippen LogP contribution in [-0.2, 0) is 5.41 Å². The van der Waals surface area contributed by atoms with Crippen molar-refractivity contribution in [1.29, 1.82) is 0 Å². The van der Waals surface area contributed by atoms with Crippen LogP contribution in [0.2, 0.25) is 0 Å². The number of benzene rings is 6. The number of para-hydroxylation sites is 2. The summed E-state index contributed by atoms with van der Waals surface area (Å²) in [6, 6.07) is 53.6. The van der Waals surface area contributed by atoms with Crippen LogP contribution < -0.4 is 10.1 Å². The fourth-order valence-electron chi connectivity index (χ4n) is 8.10. The SMILES string of the molecule is C1=CCNC(c2cc(-c3ccccc3)nc(-c3ccccc3-c3cccc4c3Oc3ccccc3C43c4ccccc4-c4ccccc43)n2)=C1. The van der Waals surface area contributed by atoms with Gasteiger partial charge in [0.25, 0.3) is 0 Å². The van der Waals surface area contributed by atoms with Crippen molar-refractivity contribution < 1.29 is 4.74 Å². The van der Waals surface area contributed by atoms with Crippen LogP contribution in [0.1, 0.15) is 27.9 Å². The summed E-state index contributed by atoms with van der Waals surface area (Å²) in [5.74, 6) is 2.38. The minimum absolute atomic E-state index is 0.536. The molecular weight excluding hydrogens is 611 g/mol. The second-order valence-corrected chi connectivity index (χ2v) is 12.9. The fraction of sp³-hybridized carbons (Fsp3) is 0.0435. The molecule has 0 saturated heterocycles. The number of dihydropyridines is 1. The van der Waals surface area contributed by atoms with Gasteiger partial charge in [-0.3, -0.25) is 0 Å². The number of nitrogens with one attached hydrogen (secondary N) is 1. The van der Waals surface area contributed by atoms with Gasteiger partial charge < -0.3 is 10.1 Å². The molecule has 1 aromatic heterocycles. The average molecular weight is 642 g/mol. The van der Waals surface area contributed by atoms with Gasteiger partial charge in [-0.2, -0.15) is 0 Å². The molecule has 50 heavy (non-hydrogen) atoms. The molecule has 10 rings (SSSR count). The molecule has 0 amide bonds. The van der Waals surface area contributed by atoms with Crippen LogP contribution in [0, 0.1) is 0 Å². The lowest BCUT2D eigenvalue weighted by molar-refractivity contribution is 0.438. The second-order valence-electron chi connectivity index (χ2n) is 12.9. The molecule has 0 radical (unpaired) electrons. The lowest BCUT2D eigenvalue weighted by Gasteiger charge is -2.40. The third kappa shape index (κ3) is 4.18. The third-order valence-corrected chi connectivity index (χ3v) is 10.2. The van der Waals surface area contributed by atoms with Crippen molar-refractivity contribution in [2.75, 3.05) is 6.54 Å². The van der Waals surface area contributed by atoms with Crippen molar-refractivity contribution in [3.8, 4) is 56.4 Å². The van der Waals surface area contributed by atoms with Crippen molar-refractivity contribution in [2.45, 2.75) is 5.41 Å². The highest BCUT2D eigenvalue weighted by molar-refractivity contribution is 5.92. The molecule has 1 aliphatic carbocycles. The van der Waals surface area contributed by atoms with Crippen LogP contribution >= 0.6 is 0 Å². The molecule has 2 aliphatic heterocycles. The summed E-state index contributed by atoms with van der Waals surface area (Å²) in [5.41, 5.74) is 13.5. The summed E-state index contributed by atoms with van der Waals surface area (Å²) in [6.45, 7) is 0.755. The first-order valence-corrected chi connectivity index (χ1v) is 17.1. The molecule has 0 bridgehead atoms. The Morgan fingerprint density at radius 2 is 1.12 bits per heavy atom. The van der Waals surface area contributed by atoms with E-state index < -0.39 is 5.41 Å². The van der Waals surface area contributed by atoms with Crippen molar-refractivity contribution in [3.05, 3.63) is 198 Å². The Hall–Kier alpha value is -6.52. The Morgan fingerprint density at radius 1 is 0.520 bits per heavy atom. The summed E-state index contributed by atoms with van der Waals surface area (Å²) >= 11 is 0. The van der Waals surface area contributed by atoms with Gasteiger partial charge in [0.2, 0.25) is 0 Å². The number of hydrogen-bond donors (Lipinski definition) is 1. The molecule has 0 fully saturated rings. The van der Waals surface area contributed by atoms with E-state index in [-0.39, 0.29) is 0 Å². The van der Waals surface area contributed by atoms with E-state index in [9.17, 15) is 0 Å². The van der Waals surface area contributed by atoms with Crippen LogP contribution in [0.5, 0.6) is 11.5 Å². The molecule has 3 heterocycles. The van der Waals surface area contributed by atoms with Gasteiger partial charge in [-0.25, -0.2) is 9.97 Å². The molecule has 4 heteroatoms. The van der Waals surface area contributed by atoms with Gasteiger partial charge in [0.05, 0.1) is 22.5 Å². The van der Waals surface area contributed by atoms with E-state index in [2.05, 4.69) is 157 Å². The molecule has 4 nitrogen and oxygen atoms in total. The molecule has 0 unspecified atom stereocenters. The maximum absolute atomic E-state index is 7.02. The summed E-state index contributed by atoms with van der Waals surface area (Å²) in [6.07, 6.45) is 6.25. The van der Waals surface area contributed by atoms with Crippen LogP contribution in [0.3, 0.4) is 0 Å². The zero-order valence-corrected chi connectivity index (χ0v) is 27.2. The van der Waals surface area contributed by atoms with Gasteiger partial charge in [-0.1, -0.05) is 152 Å². The summed E-state index contributed by atoms with van der Waals surface area (Å²) < 4.78 is 7.02. The molecule has 0 saturated carbocycles. The van der Waals surface area contributed by atoms with Crippen LogP contribution in [-0.4, -0.2) is 16.5 Å². The minimum atomic E-state index is -0.536. The van der Waals surface area contributed by atoms with E-state index in [4.69, 9.17) is 14.7 Å². The van der Waals surface area contributed by atoms with Gasteiger partial charge in [-0.15, -0.1) is 0 Å². The zero-order chi connectivity index (χ0) is 33.1. The van der Waals surface area contributed by atoms with E-state index in [0.717, 1.165) is 68.5 Å². The molecule has 3 aliphatic rings. The number of allylic oxidation sites excluding steroid dienone is 2. The van der Waals surface area contributed by atoms with Crippen molar-refractivity contribution in [1.82, 2.24) is 15.3 Å². The van der Waals surface area contributed by atoms with Crippen molar-refractivity contribution in [2.24, 2.45) is 0 Å². The minimum Gasteiger partial charge on any atom is -0.456 e. The van der Waals surface area contributed by atoms with E-state index in [0.29, 0.717) is 5.82 Å². The maximum Gasteiger partial charge on any atom is 0.161 e. The van der Waals surface area contributed by atoms with Crippen LogP contribution in [0.15, 0.2) is 170 Å². The predicted molar refractivity (Wildman–Crippen MR) is 201 cm³/mol. The molecular formula is C46H31N3O. The first kappa shape index (κ1) is 28.5. The Morgan fingerprint density at radius 3 is 1.86 bits per heavy atom. The number of ether oxygens (including phenoxy) is 1. The lowest BCUT2D eigenvalue weighted by Crippen LogP contribution is -2.32. The number of nitrogens with zero attached hydrogens (tertiary/aromatic N) is 2. The number of hydrogen-bond acceptors (Lipinski definition) is 4. The van der Waals surface area contributed by atoms with Crippen LogP contribution in [0.25, 0.3) is 50.6 Å². The van der Waals surface area contributed by atoms with Crippen LogP contribution in [0.4, 0.5) is 0 Å². The monoisotopic (exact) mass is 641 g/mol. The third-order valence-electron chi connectivity index (χ3n) is 10.2. The van der Waals surface area contributed by atoms with Crippen molar-refractivity contribution in [3.63, 3.8) is 0 Å². The molecule has 6 aromatic carbocycles. The number of fused-ring (bicyclic) bond motifs is 9. The highest BCUT2D eigenvalue weighted by atomic mass is 16.5. The molecule has 236 valence electrons. The standard InChI is InChI=1S/C46H31N3O/c1-2-15-30(16-3-1)41-29-42(40-26-12-13-28-47-40)49-45(48-41)35-20-5-4-17-31(35)34-21-14-25-39-44(34)50-43-27-11-10-24-38(43)46(39)36-22-8-6-18-32(36)33-19-7-9-23-37(33)46/h1-27,29,47H,28H2. The summed E-state index contributed by atoms with van der Waals surface area (Å²) in [7, 11) is 0. The van der Waals surface area contributed by atoms with E-state index in [1.807, 2.05) is 18.2 Å². The normalized spacial score (nSPS) is 14.4. The van der Waals surface area contributed by atoms with E-state index in [1.54, 1.807) is 0 Å². The first-order valence-electron chi connectivity index (χ1n) is 17.1. The molecule has 1 spiro atoms. The predicted octanol–water partition coefficient (Wildman–Crippen LogP) is 10.4. The van der Waals surface area contributed by atoms with E-state index >= 15 is 0 Å². The zero-order valence-electron chi connectivity index (χ0n) is 27.2. The fourth-order valence-corrected chi connectivity index (χ4v) is 8.10. The first-order chi connectivity index (χ1) is 24.8. The summed E-state index contributed by atoms with van der Waals surface area (Å²) in [4.78, 5) is 10.4. The second kappa shape index (κ2) is 11.3. The highest BCUT2D eigenvalue weighted by Crippen LogP contribution is 2.63. The Labute approximate surface area is 291 Å². The highest BCUT2D eigenvalue weighted by Gasteiger charge is 2.51. The lowest BCUT2D eigenvalue weighted by atomic mass is 9.65. The van der Waals surface area contributed by atoms with Gasteiger partial charge >= 0.3 is 0 Å². The largest absolute Gasteiger partial charge is 0.456 e. The van der Waals surface area contributed by atoms with Crippen molar-refractivity contribution >= 4 is 5.70 Å². The van der Waals surface area contributed by atoms with Gasteiger partial charge in [0, 0.05) is 34.4 Å². The Balaban J connectivity index is 1.23. The van der Waals surface area contributed by atoms with E-state index in [1.165, 1.54) is 22.3 Å². The molecule has 7 aromatic rings. The van der Waals surface area contributed by atoms with Gasteiger partial charge in [-0.05, 0) is 46.0 Å². The molecule has 1 N–H and O–H groups in total. The summed E-state index contributed by atoms with van der Waals surface area (Å²) in [5, 5.41) is 3.50. The quantitative estimate of drug-likeness (QED) is 0.208. The average Bonchev–Trinajstić information content (AvgIpc) is 3.49. The Bertz CT molecular complexity index is 2480. The number of rotatable bonds is 4. The number of aromatic nitrogens is 2. The smallest absolute Gasteiger partial charge is 0.161 e. The molecule has 0 atom stereocenters. The maximum atomic E-state index is 7.02. The Kier molecular flexibility index (Phi) is 6.43. The topological polar surface area (TPSA) is 47.0 Å². The van der Waals surface area contributed by atoms with Gasteiger partial charge in [0.1, 0.15) is 11.5 Å². The van der Waals surface area contributed by atoms with Gasteiger partial charge in [0.15, 0.2) is 5.82 Å².